The Bertz CT molecular complexity index is 355. The minimum Gasteiger partial charge on any atom is -0.330 e. The molecule has 1 atom stereocenters. The highest BCUT2D eigenvalue weighted by atomic mass is 14.8. The second-order valence-electron chi connectivity index (χ2n) is 4.70. The Morgan fingerprint density at radius 1 is 1.43 bits per heavy atom. The molecular formula is C12H16N2. The predicted octanol–water partition coefficient (Wildman–Crippen LogP) is 1.85. The Kier molecular flexibility index (Phi) is 1.68. The van der Waals surface area contributed by atoms with E-state index in [1.165, 1.54) is 36.9 Å². The lowest BCUT2D eigenvalue weighted by atomic mass is 9.75. The van der Waals surface area contributed by atoms with E-state index in [0.29, 0.717) is 11.3 Å². The van der Waals surface area contributed by atoms with Gasteiger partial charge in [-0.25, -0.2) is 0 Å². The van der Waals surface area contributed by atoms with Crippen molar-refractivity contribution in [1.29, 1.82) is 0 Å². The summed E-state index contributed by atoms with van der Waals surface area (Å²) in [7, 11) is 0. The lowest BCUT2D eigenvalue weighted by Crippen LogP contribution is -2.29. The van der Waals surface area contributed by atoms with Gasteiger partial charge in [0.05, 0.1) is 0 Å². The normalized spacial score (nSPS) is 27.4. The molecule has 2 N–H and O–H groups in total. The van der Waals surface area contributed by atoms with Crippen molar-refractivity contribution in [3.8, 4) is 0 Å². The second kappa shape index (κ2) is 2.80. The highest BCUT2D eigenvalue weighted by Gasteiger charge is 2.51. The molecule has 0 radical (unpaired) electrons. The van der Waals surface area contributed by atoms with Gasteiger partial charge in [0.2, 0.25) is 0 Å². The number of hydrogen-bond acceptors (Lipinski definition) is 2. The number of fused-ring (bicyclic) bond motifs is 1. The van der Waals surface area contributed by atoms with Crippen LogP contribution < -0.4 is 5.73 Å². The Morgan fingerprint density at radius 3 is 3.00 bits per heavy atom. The van der Waals surface area contributed by atoms with E-state index in [0.717, 1.165) is 6.54 Å². The van der Waals surface area contributed by atoms with Crippen LogP contribution in [0.5, 0.6) is 0 Å². The van der Waals surface area contributed by atoms with E-state index in [9.17, 15) is 0 Å². The molecule has 3 rings (SSSR count). The van der Waals surface area contributed by atoms with E-state index in [4.69, 9.17) is 5.73 Å². The largest absolute Gasteiger partial charge is 0.330 e. The summed E-state index contributed by atoms with van der Waals surface area (Å²) in [5.74, 6) is 0.535. The Balaban J connectivity index is 2.06. The topological polar surface area (TPSA) is 38.9 Å². The highest BCUT2D eigenvalue weighted by molar-refractivity contribution is 5.31. The van der Waals surface area contributed by atoms with Crippen LogP contribution in [0.15, 0.2) is 18.3 Å². The van der Waals surface area contributed by atoms with Gasteiger partial charge in [0.1, 0.15) is 0 Å². The van der Waals surface area contributed by atoms with Crippen LogP contribution in [0.1, 0.15) is 36.4 Å². The van der Waals surface area contributed by atoms with E-state index >= 15 is 0 Å². The van der Waals surface area contributed by atoms with Gasteiger partial charge in [-0.15, -0.1) is 0 Å². The van der Waals surface area contributed by atoms with Gasteiger partial charge in [-0.1, -0.05) is 6.07 Å². The molecule has 0 saturated heterocycles. The third-order valence-corrected chi connectivity index (χ3v) is 4.02. The van der Waals surface area contributed by atoms with Gasteiger partial charge < -0.3 is 5.73 Å². The molecular weight excluding hydrogens is 172 g/mol. The zero-order valence-corrected chi connectivity index (χ0v) is 8.37. The smallest absolute Gasteiger partial charge is 0.0484 e. The maximum Gasteiger partial charge on any atom is 0.0484 e. The molecule has 1 saturated carbocycles. The summed E-state index contributed by atoms with van der Waals surface area (Å²) < 4.78 is 0. The van der Waals surface area contributed by atoms with Gasteiger partial charge in [-0.2, -0.15) is 0 Å². The fourth-order valence-corrected chi connectivity index (χ4v) is 2.94. The molecule has 0 aliphatic heterocycles. The molecule has 1 unspecified atom stereocenters. The van der Waals surface area contributed by atoms with Gasteiger partial charge in [-0.3, -0.25) is 4.98 Å². The van der Waals surface area contributed by atoms with Gasteiger partial charge >= 0.3 is 0 Å². The fraction of sp³-hybridized carbons (Fsp3) is 0.583. The summed E-state index contributed by atoms with van der Waals surface area (Å²) in [6, 6.07) is 4.25. The SMILES string of the molecule is NCC1c2ncccc2CCC12CC2. The Labute approximate surface area is 84.5 Å². The van der Waals surface area contributed by atoms with Crippen molar-refractivity contribution >= 4 is 0 Å². The van der Waals surface area contributed by atoms with Crippen LogP contribution in [0.4, 0.5) is 0 Å². The molecule has 14 heavy (non-hydrogen) atoms. The van der Waals surface area contributed by atoms with E-state index in [-0.39, 0.29) is 0 Å². The number of nitrogens with two attached hydrogens (primary N) is 1. The lowest BCUT2D eigenvalue weighted by molar-refractivity contribution is 0.345. The summed E-state index contributed by atoms with van der Waals surface area (Å²) in [5.41, 5.74) is 9.17. The van der Waals surface area contributed by atoms with Crippen LogP contribution in [0.2, 0.25) is 0 Å². The van der Waals surface area contributed by atoms with Crippen molar-refractivity contribution in [2.75, 3.05) is 6.54 Å². The molecule has 74 valence electrons. The molecule has 0 aromatic carbocycles. The van der Waals surface area contributed by atoms with E-state index in [2.05, 4.69) is 11.1 Å². The third-order valence-electron chi connectivity index (χ3n) is 4.02. The zero-order chi connectivity index (χ0) is 9.60. The monoisotopic (exact) mass is 188 g/mol. The molecule has 2 aliphatic rings. The highest BCUT2D eigenvalue weighted by Crippen LogP contribution is 2.60. The number of rotatable bonds is 1. The summed E-state index contributed by atoms with van der Waals surface area (Å²) in [5, 5.41) is 0. The zero-order valence-electron chi connectivity index (χ0n) is 8.37. The third kappa shape index (κ3) is 1.04. The van der Waals surface area contributed by atoms with E-state index in [1.54, 1.807) is 0 Å². The fourth-order valence-electron chi connectivity index (χ4n) is 2.94. The van der Waals surface area contributed by atoms with Gasteiger partial charge in [0.25, 0.3) is 0 Å². The van der Waals surface area contributed by atoms with Crippen LogP contribution >= 0.6 is 0 Å². The minimum atomic E-state index is 0.535. The summed E-state index contributed by atoms with van der Waals surface area (Å²) in [6.45, 7) is 0.768. The first-order chi connectivity index (χ1) is 6.86. The minimum absolute atomic E-state index is 0.535. The maximum absolute atomic E-state index is 5.89. The van der Waals surface area contributed by atoms with Crippen LogP contribution in [0, 0.1) is 5.41 Å². The van der Waals surface area contributed by atoms with Crippen molar-refractivity contribution in [1.82, 2.24) is 4.98 Å². The first kappa shape index (κ1) is 8.42. The molecule has 2 nitrogen and oxygen atoms in total. The molecule has 1 spiro atoms. The van der Waals surface area contributed by atoms with Crippen LogP contribution in [0.25, 0.3) is 0 Å². The Morgan fingerprint density at radius 2 is 2.29 bits per heavy atom. The molecule has 2 heteroatoms. The summed E-state index contributed by atoms with van der Waals surface area (Å²) >= 11 is 0. The van der Waals surface area contributed by atoms with Crippen molar-refractivity contribution in [3.63, 3.8) is 0 Å². The van der Waals surface area contributed by atoms with E-state index < -0.39 is 0 Å². The van der Waals surface area contributed by atoms with Crippen LogP contribution in [0.3, 0.4) is 0 Å². The number of aryl methyl sites for hydroxylation is 1. The lowest BCUT2D eigenvalue weighted by Gasteiger charge is -2.31. The van der Waals surface area contributed by atoms with Crippen molar-refractivity contribution in [2.24, 2.45) is 11.1 Å². The Hall–Kier alpha value is -0.890. The molecule has 1 aromatic heterocycles. The average Bonchev–Trinajstić information content (AvgIpc) is 2.99. The maximum atomic E-state index is 5.89. The average molecular weight is 188 g/mol. The van der Waals surface area contributed by atoms with Crippen LogP contribution in [-0.2, 0) is 6.42 Å². The molecule has 0 bridgehead atoms. The van der Waals surface area contributed by atoms with Gasteiger partial charge in [0, 0.05) is 24.4 Å². The summed E-state index contributed by atoms with van der Waals surface area (Å²) in [6.07, 6.45) is 7.17. The van der Waals surface area contributed by atoms with Crippen molar-refractivity contribution in [2.45, 2.75) is 31.6 Å². The standard InChI is InChI=1S/C12H16N2/c13-8-10-11-9(2-1-7-14-11)3-4-12(10)5-6-12/h1-2,7,10H,3-6,8,13H2. The quantitative estimate of drug-likeness (QED) is 0.730. The van der Waals surface area contributed by atoms with Crippen molar-refractivity contribution in [3.05, 3.63) is 29.6 Å². The molecule has 2 aliphatic carbocycles. The second-order valence-corrected chi connectivity index (χ2v) is 4.70. The van der Waals surface area contributed by atoms with Crippen molar-refractivity contribution < 1.29 is 0 Å². The molecule has 1 heterocycles. The van der Waals surface area contributed by atoms with E-state index in [1.807, 2.05) is 12.3 Å². The molecule has 0 amide bonds. The number of nitrogens with zero attached hydrogens (tertiary/aromatic N) is 1. The number of pyridine rings is 1. The first-order valence-corrected chi connectivity index (χ1v) is 5.50. The number of hydrogen-bond donors (Lipinski definition) is 1. The molecule has 1 aromatic rings. The summed E-state index contributed by atoms with van der Waals surface area (Å²) in [4.78, 5) is 4.53. The first-order valence-electron chi connectivity index (χ1n) is 5.50. The predicted molar refractivity (Wildman–Crippen MR) is 56.0 cm³/mol. The molecule has 1 fully saturated rings. The van der Waals surface area contributed by atoms with Gasteiger partial charge in [-0.05, 0) is 42.7 Å². The number of aromatic nitrogens is 1. The van der Waals surface area contributed by atoms with Crippen LogP contribution in [-0.4, -0.2) is 11.5 Å². The van der Waals surface area contributed by atoms with Gasteiger partial charge in [0.15, 0.2) is 0 Å².